The van der Waals surface area contributed by atoms with Crippen molar-refractivity contribution in [3.8, 4) is 0 Å². The van der Waals surface area contributed by atoms with Gasteiger partial charge in [-0.15, -0.1) is 0 Å². The molecule has 6 atom stereocenters. The van der Waals surface area contributed by atoms with Gasteiger partial charge in [0.1, 0.15) is 0 Å². The highest BCUT2D eigenvalue weighted by atomic mass is 16.7. The zero-order valence-corrected chi connectivity index (χ0v) is 12.7. The fraction of sp³-hybridized carbons (Fsp3) is 0.579. The highest BCUT2D eigenvalue weighted by Crippen LogP contribution is 2.70. The number of methoxy groups -OCH3 is 2. The van der Waals surface area contributed by atoms with E-state index in [4.69, 9.17) is 9.47 Å². The van der Waals surface area contributed by atoms with Crippen LogP contribution < -0.4 is 0 Å². The Morgan fingerprint density at radius 1 is 0.857 bits per heavy atom. The second-order valence-electron chi connectivity index (χ2n) is 7.14. The number of hydrogen-bond acceptors (Lipinski definition) is 2. The number of benzene rings is 1. The summed E-state index contributed by atoms with van der Waals surface area (Å²) in [5.74, 6) is 3.23. The first-order chi connectivity index (χ1) is 10.3. The topological polar surface area (TPSA) is 18.5 Å². The molecule has 6 rings (SSSR count). The second kappa shape index (κ2) is 3.99. The molecule has 0 aromatic heterocycles. The van der Waals surface area contributed by atoms with E-state index in [1.807, 2.05) is 14.2 Å². The molecule has 1 aromatic rings. The van der Waals surface area contributed by atoms with Gasteiger partial charge in [0.25, 0.3) is 0 Å². The zero-order chi connectivity index (χ0) is 14.2. The second-order valence-corrected chi connectivity index (χ2v) is 7.14. The van der Waals surface area contributed by atoms with Crippen molar-refractivity contribution in [2.45, 2.75) is 30.5 Å². The van der Waals surface area contributed by atoms with Crippen molar-refractivity contribution in [3.63, 3.8) is 0 Å². The number of rotatable bonds is 2. The summed E-state index contributed by atoms with van der Waals surface area (Å²) in [6.07, 6.45) is 7.43. The van der Waals surface area contributed by atoms with Crippen LogP contribution in [0.25, 0.3) is 0 Å². The van der Waals surface area contributed by atoms with Crippen LogP contribution in [0.5, 0.6) is 0 Å². The van der Waals surface area contributed by atoms with E-state index in [-0.39, 0.29) is 0 Å². The summed E-state index contributed by atoms with van der Waals surface area (Å²) in [5.41, 5.74) is 3.22. The van der Waals surface area contributed by atoms with Crippen molar-refractivity contribution in [1.29, 1.82) is 0 Å². The molecular formula is C19H22O2. The average molecular weight is 282 g/mol. The smallest absolute Gasteiger partial charge is 0.180 e. The van der Waals surface area contributed by atoms with Crippen LogP contribution in [-0.2, 0) is 9.47 Å². The van der Waals surface area contributed by atoms with Gasteiger partial charge in [-0.25, -0.2) is 0 Å². The molecule has 0 amide bonds. The summed E-state index contributed by atoms with van der Waals surface area (Å²) in [7, 11) is 3.64. The molecular weight excluding hydrogens is 260 g/mol. The highest BCUT2D eigenvalue weighted by Gasteiger charge is 2.68. The maximum atomic E-state index is 5.97. The van der Waals surface area contributed by atoms with Crippen LogP contribution in [0.1, 0.15) is 35.8 Å². The van der Waals surface area contributed by atoms with Crippen LogP contribution in [0.3, 0.4) is 0 Å². The summed E-state index contributed by atoms with van der Waals surface area (Å²) in [4.78, 5) is 0. The lowest BCUT2D eigenvalue weighted by Gasteiger charge is -2.50. The van der Waals surface area contributed by atoms with Gasteiger partial charge in [-0.3, -0.25) is 0 Å². The molecule has 5 aliphatic carbocycles. The number of ether oxygens (including phenoxy) is 2. The average Bonchev–Trinajstić information content (AvgIpc) is 3.07. The Labute approximate surface area is 126 Å². The Balaban J connectivity index is 1.69. The summed E-state index contributed by atoms with van der Waals surface area (Å²) < 4.78 is 11.9. The Hall–Kier alpha value is -1.12. The molecule has 0 saturated heterocycles. The molecule has 0 unspecified atom stereocenters. The minimum absolute atomic E-state index is 0.405. The third-order valence-electron chi connectivity index (χ3n) is 6.88. The Bertz CT molecular complexity index is 567. The van der Waals surface area contributed by atoms with Crippen molar-refractivity contribution in [2.75, 3.05) is 14.2 Å². The monoisotopic (exact) mass is 282 g/mol. The molecule has 2 nitrogen and oxygen atoms in total. The number of hydrogen-bond donors (Lipinski definition) is 0. The quantitative estimate of drug-likeness (QED) is 0.608. The van der Waals surface area contributed by atoms with Crippen LogP contribution in [0.4, 0.5) is 0 Å². The van der Waals surface area contributed by atoms with Crippen LogP contribution in [0, 0.1) is 23.7 Å². The minimum atomic E-state index is -0.405. The molecule has 0 heterocycles. The van der Waals surface area contributed by atoms with E-state index >= 15 is 0 Å². The van der Waals surface area contributed by atoms with Crippen molar-refractivity contribution < 1.29 is 9.47 Å². The first-order valence-corrected chi connectivity index (χ1v) is 8.19. The summed E-state index contributed by atoms with van der Waals surface area (Å²) in [6.45, 7) is 0. The molecule has 2 fully saturated rings. The third kappa shape index (κ3) is 1.24. The van der Waals surface area contributed by atoms with Crippen molar-refractivity contribution >= 4 is 0 Å². The van der Waals surface area contributed by atoms with E-state index < -0.39 is 5.79 Å². The van der Waals surface area contributed by atoms with Gasteiger partial charge in [-0.2, -0.15) is 0 Å². The van der Waals surface area contributed by atoms with Crippen molar-refractivity contribution in [1.82, 2.24) is 0 Å². The molecule has 1 aromatic carbocycles. The van der Waals surface area contributed by atoms with Crippen molar-refractivity contribution in [2.24, 2.45) is 23.7 Å². The van der Waals surface area contributed by atoms with Gasteiger partial charge in [0.15, 0.2) is 5.79 Å². The molecule has 2 saturated carbocycles. The SMILES string of the molecule is COC1(OC)[C@H]2C=C[C@H]1[C@H]1[C@H]2[C@H]2CC[C@H]1c1ccccc12. The van der Waals surface area contributed by atoms with Gasteiger partial charge in [0.05, 0.1) is 0 Å². The standard InChI is InChI=1S/C19H22O2/c1-20-19(21-2)15-9-10-16(19)18-14-8-7-13(17(15)18)11-5-3-4-6-12(11)14/h3-6,9-10,13-18H,7-8H2,1-2H3/t13-,14-,15-,16-,17-,18-/m0/s1. The molecule has 110 valence electrons. The number of fused-ring (bicyclic) bond motifs is 3. The van der Waals surface area contributed by atoms with Gasteiger partial charge < -0.3 is 9.47 Å². The fourth-order valence-corrected chi connectivity index (χ4v) is 6.32. The van der Waals surface area contributed by atoms with Crippen molar-refractivity contribution in [3.05, 3.63) is 47.5 Å². The molecule has 0 N–H and O–H groups in total. The first-order valence-electron chi connectivity index (χ1n) is 8.19. The zero-order valence-electron chi connectivity index (χ0n) is 12.7. The van der Waals surface area contributed by atoms with E-state index in [0.29, 0.717) is 35.5 Å². The van der Waals surface area contributed by atoms with Gasteiger partial charge in [-0.1, -0.05) is 36.4 Å². The maximum Gasteiger partial charge on any atom is 0.180 e. The van der Waals surface area contributed by atoms with Gasteiger partial charge >= 0.3 is 0 Å². The predicted octanol–water partition coefficient (Wildman–Crippen LogP) is 3.70. The largest absolute Gasteiger partial charge is 0.352 e. The fourth-order valence-electron chi connectivity index (χ4n) is 6.32. The van der Waals surface area contributed by atoms with Crippen LogP contribution in [0.15, 0.2) is 36.4 Å². The van der Waals surface area contributed by atoms with Crippen LogP contribution in [-0.4, -0.2) is 20.0 Å². The van der Waals surface area contributed by atoms with Crippen LogP contribution >= 0.6 is 0 Å². The predicted molar refractivity (Wildman–Crippen MR) is 81.0 cm³/mol. The first kappa shape index (κ1) is 12.4. The molecule has 0 radical (unpaired) electrons. The summed E-state index contributed by atoms with van der Waals surface area (Å²) in [6, 6.07) is 9.13. The molecule has 0 spiro atoms. The Morgan fingerprint density at radius 2 is 1.33 bits per heavy atom. The molecule has 0 aliphatic heterocycles. The van der Waals surface area contributed by atoms with Gasteiger partial charge in [0, 0.05) is 26.1 Å². The van der Waals surface area contributed by atoms with E-state index in [0.717, 1.165) is 0 Å². The lowest BCUT2D eigenvalue weighted by molar-refractivity contribution is -0.234. The summed E-state index contributed by atoms with van der Waals surface area (Å²) >= 11 is 0. The molecule has 2 heteroatoms. The van der Waals surface area contributed by atoms with E-state index in [1.165, 1.54) is 12.8 Å². The third-order valence-corrected chi connectivity index (χ3v) is 6.88. The highest BCUT2D eigenvalue weighted by molar-refractivity contribution is 5.44. The minimum Gasteiger partial charge on any atom is -0.352 e. The van der Waals surface area contributed by atoms with E-state index in [2.05, 4.69) is 36.4 Å². The lowest BCUT2D eigenvalue weighted by Crippen LogP contribution is -2.41. The molecule has 5 aliphatic rings. The Kier molecular flexibility index (Phi) is 2.36. The summed E-state index contributed by atoms with van der Waals surface area (Å²) in [5, 5.41) is 0. The van der Waals surface area contributed by atoms with Gasteiger partial charge in [0.2, 0.25) is 0 Å². The molecule has 4 bridgehead atoms. The maximum absolute atomic E-state index is 5.97. The lowest BCUT2D eigenvalue weighted by atomic mass is 9.54. The van der Waals surface area contributed by atoms with E-state index in [1.54, 1.807) is 11.1 Å². The van der Waals surface area contributed by atoms with Gasteiger partial charge in [-0.05, 0) is 47.6 Å². The normalized spacial score (nSPS) is 43.9. The van der Waals surface area contributed by atoms with Crippen LogP contribution in [0.2, 0.25) is 0 Å². The molecule has 21 heavy (non-hydrogen) atoms. The van der Waals surface area contributed by atoms with E-state index in [9.17, 15) is 0 Å². The Morgan fingerprint density at radius 3 is 1.76 bits per heavy atom.